The molecule has 2 aromatic rings. The van der Waals surface area contributed by atoms with Gasteiger partial charge < -0.3 is 10.1 Å². The van der Waals surface area contributed by atoms with E-state index in [4.69, 9.17) is 4.74 Å². The lowest BCUT2D eigenvalue weighted by Gasteiger charge is -2.06. The fraction of sp³-hybridized carbons (Fsp3) is 0.133. The molecule has 0 saturated carbocycles. The highest BCUT2D eigenvalue weighted by molar-refractivity contribution is 5.95. The summed E-state index contributed by atoms with van der Waals surface area (Å²) in [5, 5.41) is 13.7. The molecule has 108 valence electrons. The van der Waals surface area contributed by atoms with Crippen molar-refractivity contribution in [1.29, 1.82) is 0 Å². The molecule has 0 fully saturated rings. The first kappa shape index (κ1) is 14.5. The van der Waals surface area contributed by atoms with Crippen LogP contribution in [0.5, 0.6) is 5.75 Å². The summed E-state index contributed by atoms with van der Waals surface area (Å²) in [4.78, 5) is 14.5. The number of nitrogens with zero attached hydrogens (tertiary/aromatic N) is 2. The predicted molar refractivity (Wildman–Crippen MR) is 82.5 cm³/mol. The smallest absolute Gasteiger partial charge is 0.269 e. The standard InChI is InChI=1S/C15H15N3O3/c1-11(17-13-5-9-15(21-2)10-6-13)16-12-3-7-14(8-4-12)18(19)20/h3-10H,1-2H3,(H,16,17). The Kier molecular flexibility index (Phi) is 4.50. The number of nitro groups is 1. The third-order valence-corrected chi connectivity index (χ3v) is 2.77. The van der Waals surface area contributed by atoms with Crippen LogP contribution in [0.4, 0.5) is 17.1 Å². The molecule has 0 spiro atoms. The van der Waals surface area contributed by atoms with Gasteiger partial charge in [0, 0.05) is 17.8 Å². The second-order valence-electron chi connectivity index (χ2n) is 4.32. The number of amidine groups is 1. The van der Waals surface area contributed by atoms with Crippen molar-refractivity contribution in [3.8, 4) is 5.75 Å². The van der Waals surface area contributed by atoms with Crippen LogP contribution in [0.25, 0.3) is 0 Å². The van der Waals surface area contributed by atoms with Crippen molar-refractivity contribution in [2.75, 3.05) is 12.4 Å². The van der Waals surface area contributed by atoms with E-state index in [0.29, 0.717) is 11.5 Å². The Bertz CT molecular complexity index is 649. The molecule has 0 aromatic heterocycles. The number of methoxy groups -OCH3 is 1. The normalized spacial score (nSPS) is 11.0. The van der Waals surface area contributed by atoms with E-state index in [9.17, 15) is 10.1 Å². The molecular formula is C15H15N3O3. The number of non-ortho nitro benzene ring substituents is 1. The van der Waals surface area contributed by atoms with Gasteiger partial charge in [0.1, 0.15) is 11.6 Å². The Balaban J connectivity index is 2.07. The van der Waals surface area contributed by atoms with Gasteiger partial charge in [-0.25, -0.2) is 4.99 Å². The number of nitrogens with one attached hydrogen (secondary N) is 1. The number of rotatable bonds is 4. The van der Waals surface area contributed by atoms with E-state index in [2.05, 4.69) is 10.3 Å². The lowest BCUT2D eigenvalue weighted by molar-refractivity contribution is -0.384. The van der Waals surface area contributed by atoms with E-state index >= 15 is 0 Å². The molecule has 0 radical (unpaired) electrons. The van der Waals surface area contributed by atoms with Crippen molar-refractivity contribution in [1.82, 2.24) is 0 Å². The minimum atomic E-state index is -0.435. The molecule has 0 bridgehead atoms. The Morgan fingerprint density at radius 2 is 1.76 bits per heavy atom. The quantitative estimate of drug-likeness (QED) is 0.401. The van der Waals surface area contributed by atoms with Crippen LogP contribution in [0.2, 0.25) is 0 Å². The van der Waals surface area contributed by atoms with Crippen molar-refractivity contribution in [3.05, 3.63) is 58.6 Å². The number of nitro benzene ring substituents is 1. The number of anilines is 1. The van der Waals surface area contributed by atoms with Crippen molar-refractivity contribution in [3.63, 3.8) is 0 Å². The molecule has 0 saturated heterocycles. The minimum Gasteiger partial charge on any atom is -0.497 e. The summed E-state index contributed by atoms with van der Waals surface area (Å²) in [7, 11) is 1.61. The zero-order valence-electron chi connectivity index (χ0n) is 11.7. The Labute approximate surface area is 122 Å². The molecule has 0 heterocycles. The zero-order chi connectivity index (χ0) is 15.2. The van der Waals surface area contributed by atoms with E-state index in [-0.39, 0.29) is 5.69 Å². The van der Waals surface area contributed by atoms with Gasteiger partial charge in [-0.2, -0.15) is 0 Å². The summed E-state index contributed by atoms with van der Waals surface area (Å²) < 4.78 is 5.09. The van der Waals surface area contributed by atoms with E-state index in [1.165, 1.54) is 12.1 Å². The first-order chi connectivity index (χ1) is 10.1. The van der Waals surface area contributed by atoms with Gasteiger partial charge in [-0.3, -0.25) is 10.1 Å². The maximum absolute atomic E-state index is 10.6. The average molecular weight is 285 g/mol. The Hall–Kier alpha value is -2.89. The average Bonchev–Trinajstić information content (AvgIpc) is 2.48. The van der Waals surface area contributed by atoms with Gasteiger partial charge in [-0.15, -0.1) is 0 Å². The molecule has 0 amide bonds. The maximum Gasteiger partial charge on any atom is 0.269 e. The Morgan fingerprint density at radius 3 is 2.29 bits per heavy atom. The van der Waals surface area contributed by atoms with Gasteiger partial charge in [-0.1, -0.05) is 0 Å². The number of hydrogen-bond acceptors (Lipinski definition) is 4. The fourth-order valence-corrected chi connectivity index (χ4v) is 1.75. The topological polar surface area (TPSA) is 76.8 Å². The monoisotopic (exact) mass is 285 g/mol. The van der Waals surface area contributed by atoms with Crippen molar-refractivity contribution < 1.29 is 9.66 Å². The predicted octanol–water partition coefficient (Wildman–Crippen LogP) is 3.77. The molecule has 0 atom stereocenters. The first-order valence-corrected chi connectivity index (χ1v) is 6.29. The van der Waals surface area contributed by atoms with Crippen LogP contribution in [-0.4, -0.2) is 17.9 Å². The Morgan fingerprint density at radius 1 is 1.14 bits per heavy atom. The molecule has 0 unspecified atom stereocenters. The second-order valence-corrected chi connectivity index (χ2v) is 4.32. The molecule has 6 nitrogen and oxygen atoms in total. The van der Waals surface area contributed by atoms with Crippen LogP contribution in [0, 0.1) is 10.1 Å². The van der Waals surface area contributed by atoms with Gasteiger partial charge in [0.2, 0.25) is 0 Å². The van der Waals surface area contributed by atoms with Crippen molar-refractivity contribution in [2.24, 2.45) is 4.99 Å². The number of hydrogen-bond donors (Lipinski definition) is 1. The molecule has 6 heteroatoms. The van der Waals surface area contributed by atoms with Crippen LogP contribution in [0.1, 0.15) is 6.92 Å². The molecule has 0 aliphatic rings. The van der Waals surface area contributed by atoms with E-state index in [1.54, 1.807) is 19.2 Å². The van der Waals surface area contributed by atoms with Crippen LogP contribution in [0.3, 0.4) is 0 Å². The summed E-state index contributed by atoms with van der Waals surface area (Å²) in [6.45, 7) is 1.83. The van der Waals surface area contributed by atoms with Gasteiger partial charge in [0.15, 0.2) is 0 Å². The fourth-order valence-electron chi connectivity index (χ4n) is 1.75. The molecule has 1 N–H and O–H groups in total. The van der Waals surface area contributed by atoms with Gasteiger partial charge >= 0.3 is 0 Å². The third-order valence-electron chi connectivity index (χ3n) is 2.77. The maximum atomic E-state index is 10.6. The largest absolute Gasteiger partial charge is 0.497 e. The molecule has 2 aromatic carbocycles. The molecule has 2 rings (SSSR count). The highest BCUT2D eigenvalue weighted by atomic mass is 16.6. The summed E-state index contributed by atoms with van der Waals surface area (Å²) >= 11 is 0. The highest BCUT2D eigenvalue weighted by Crippen LogP contribution is 2.19. The number of benzene rings is 2. The third kappa shape index (κ3) is 4.04. The summed E-state index contributed by atoms with van der Waals surface area (Å²) in [6.07, 6.45) is 0. The number of ether oxygens (including phenoxy) is 1. The van der Waals surface area contributed by atoms with Crippen molar-refractivity contribution >= 4 is 22.9 Å². The lowest BCUT2D eigenvalue weighted by Crippen LogP contribution is -2.06. The SMILES string of the molecule is COc1ccc(NC(C)=Nc2ccc([N+](=O)[O-])cc2)cc1. The van der Waals surface area contributed by atoms with Crippen LogP contribution in [-0.2, 0) is 0 Å². The molecule has 21 heavy (non-hydrogen) atoms. The summed E-state index contributed by atoms with van der Waals surface area (Å²) in [5.74, 6) is 1.47. The van der Waals surface area contributed by atoms with Gasteiger partial charge in [-0.05, 0) is 43.3 Å². The highest BCUT2D eigenvalue weighted by Gasteiger charge is 2.03. The van der Waals surface area contributed by atoms with Crippen LogP contribution >= 0.6 is 0 Å². The van der Waals surface area contributed by atoms with Crippen LogP contribution < -0.4 is 10.1 Å². The second kappa shape index (κ2) is 6.51. The summed E-state index contributed by atoms with van der Waals surface area (Å²) in [5.41, 5.74) is 1.59. The van der Waals surface area contributed by atoms with Gasteiger partial charge in [0.05, 0.1) is 17.7 Å². The van der Waals surface area contributed by atoms with E-state index in [1.807, 2.05) is 31.2 Å². The molecular weight excluding hydrogens is 270 g/mol. The minimum absolute atomic E-state index is 0.0507. The van der Waals surface area contributed by atoms with E-state index in [0.717, 1.165) is 11.4 Å². The molecule has 0 aliphatic carbocycles. The summed E-state index contributed by atoms with van der Waals surface area (Å²) in [6, 6.07) is 13.5. The molecule has 0 aliphatic heterocycles. The zero-order valence-corrected chi connectivity index (χ0v) is 11.7. The van der Waals surface area contributed by atoms with Gasteiger partial charge in [0.25, 0.3) is 5.69 Å². The van der Waals surface area contributed by atoms with Crippen LogP contribution in [0.15, 0.2) is 53.5 Å². The van der Waals surface area contributed by atoms with Crippen molar-refractivity contribution in [2.45, 2.75) is 6.92 Å². The van der Waals surface area contributed by atoms with E-state index < -0.39 is 4.92 Å². The number of aliphatic imine (C=N–C) groups is 1. The lowest BCUT2D eigenvalue weighted by atomic mass is 10.3. The first-order valence-electron chi connectivity index (χ1n) is 6.29.